The Labute approximate surface area is 185 Å². The van der Waals surface area contributed by atoms with E-state index in [0.717, 1.165) is 34.4 Å². The van der Waals surface area contributed by atoms with Crippen LogP contribution in [0.4, 0.5) is 0 Å². The first-order valence-corrected chi connectivity index (χ1v) is 10.2. The van der Waals surface area contributed by atoms with Crippen molar-refractivity contribution in [2.75, 3.05) is 20.7 Å². The number of H-pyrrole nitrogens is 1. The van der Waals surface area contributed by atoms with Crippen molar-refractivity contribution in [3.05, 3.63) is 71.8 Å². The highest BCUT2D eigenvalue weighted by atomic mass is 16.5. The molecule has 2 aromatic heterocycles. The lowest BCUT2D eigenvalue weighted by atomic mass is 9.92. The Morgan fingerprint density at radius 2 is 2.25 bits per heavy atom. The Balaban J connectivity index is 1.68. The predicted molar refractivity (Wildman–Crippen MR) is 119 cm³/mol. The van der Waals surface area contributed by atoms with Gasteiger partial charge in [-0.05, 0) is 35.8 Å². The summed E-state index contributed by atoms with van der Waals surface area (Å²) in [4.78, 5) is 18.1. The molecule has 0 spiro atoms. The predicted octanol–water partition coefficient (Wildman–Crippen LogP) is 3.21. The summed E-state index contributed by atoms with van der Waals surface area (Å²) in [7, 11) is 3.15. The summed E-state index contributed by atoms with van der Waals surface area (Å²) in [5.74, 6) is 0.348. The third-order valence-corrected chi connectivity index (χ3v) is 5.59. The topological polar surface area (TPSA) is 115 Å². The van der Waals surface area contributed by atoms with Gasteiger partial charge in [0.25, 0.3) is 5.91 Å². The molecule has 4 rings (SSSR count). The molecule has 8 heteroatoms. The molecule has 0 saturated heterocycles. The minimum Gasteiger partial charge on any atom is -0.500 e. The molecule has 0 saturated carbocycles. The average Bonchev–Trinajstić information content (AvgIpc) is 3.26. The first-order chi connectivity index (χ1) is 15.5. The number of nitrogens with one attached hydrogen (secondary N) is 1. The molecular formula is C24H23N5O3. The van der Waals surface area contributed by atoms with Crippen LogP contribution in [0.3, 0.4) is 0 Å². The molecule has 32 heavy (non-hydrogen) atoms. The second-order valence-corrected chi connectivity index (χ2v) is 7.60. The van der Waals surface area contributed by atoms with Gasteiger partial charge in [-0.1, -0.05) is 30.4 Å². The van der Waals surface area contributed by atoms with Gasteiger partial charge >= 0.3 is 0 Å². The maximum atomic E-state index is 12.4. The highest BCUT2D eigenvalue weighted by molar-refractivity contribution is 5.85. The van der Waals surface area contributed by atoms with Gasteiger partial charge in [0, 0.05) is 24.2 Å². The number of pyridine rings is 1. The quantitative estimate of drug-likeness (QED) is 0.582. The molecular weight excluding hydrogens is 406 g/mol. The van der Waals surface area contributed by atoms with Crippen molar-refractivity contribution in [1.82, 2.24) is 20.1 Å². The molecule has 1 aromatic carbocycles. The zero-order valence-corrected chi connectivity index (χ0v) is 17.8. The SMILES string of the molecule is COC1=CC=CCC1c1[nH]nc2ncc(-c3cccc(C(O)C(=O)N(C)CC#N)c3)cc12. The van der Waals surface area contributed by atoms with Gasteiger partial charge in [-0.3, -0.25) is 9.89 Å². The fourth-order valence-corrected chi connectivity index (χ4v) is 3.85. The number of carbonyl (C=O) groups excluding carboxylic acids is 1. The lowest BCUT2D eigenvalue weighted by molar-refractivity contribution is -0.138. The van der Waals surface area contributed by atoms with Crippen molar-refractivity contribution in [2.24, 2.45) is 0 Å². The molecule has 162 valence electrons. The Morgan fingerprint density at radius 3 is 3.03 bits per heavy atom. The maximum absolute atomic E-state index is 12.4. The fourth-order valence-electron chi connectivity index (χ4n) is 3.85. The normalized spacial score (nSPS) is 16.3. The number of fused-ring (bicyclic) bond motifs is 1. The Bertz CT molecular complexity index is 1250. The number of hydrogen-bond acceptors (Lipinski definition) is 6. The number of nitrogens with zero attached hydrogens (tertiary/aromatic N) is 4. The number of ether oxygens (including phenoxy) is 1. The van der Waals surface area contributed by atoms with Crippen molar-refractivity contribution >= 4 is 16.9 Å². The van der Waals surface area contributed by atoms with Gasteiger partial charge in [-0.15, -0.1) is 0 Å². The Hall–Kier alpha value is -3.96. The highest BCUT2D eigenvalue weighted by Crippen LogP contribution is 2.35. The summed E-state index contributed by atoms with van der Waals surface area (Å²) >= 11 is 0. The van der Waals surface area contributed by atoms with E-state index in [0.29, 0.717) is 11.2 Å². The second kappa shape index (κ2) is 9.04. The number of aromatic nitrogens is 3. The van der Waals surface area contributed by atoms with E-state index >= 15 is 0 Å². The summed E-state index contributed by atoms with van der Waals surface area (Å²) in [6.45, 7) is -0.0896. The summed E-state index contributed by atoms with van der Waals surface area (Å²) in [5, 5.41) is 27.6. The summed E-state index contributed by atoms with van der Waals surface area (Å²) in [6.07, 6.45) is 7.17. The van der Waals surface area contributed by atoms with E-state index in [1.807, 2.05) is 30.4 Å². The number of likely N-dealkylation sites (N-methyl/N-ethyl adjacent to an activating group) is 1. The number of nitriles is 1. The van der Waals surface area contributed by atoms with Gasteiger partial charge in [-0.2, -0.15) is 10.4 Å². The Morgan fingerprint density at radius 1 is 1.41 bits per heavy atom. The van der Waals surface area contributed by atoms with E-state index < -0.39 is 12.0 Å². The largest absolute Gasteiger partial charge is 0.500 e. The van der Waals surface area contributed by atoms with E-state index in [2.05, 4.69) is 21.3 Å². The number of benzene rings is 1. The lowest BCUT2D eigenvalue weighted by Gasteiger charge is -2.19. The minimum atomic E-state index is -1.35. The minimum absolute atomic E-state index is 0.0218. The molecule has 0 fully saturated rings. The lowest BCUT2D eigenvalue weighted by Crippen LogP contribution is -2.32. The number of aliphatic hydroxyl groups excluding tert-OH is 1. The van der Waals surface area contributed by atoms with Crippen LogP contribution in [0, 0.1) is 11.3 Å². The molecule has 3 aromatic rings. The van der Waals surface area contributed by atoms with Crippen LogP contribution >= 0.6 is 0 Å². The van der Waals surface area contributed by atoms with Gasteiger partial charge in [0.15, 0.2) is 11.8 Å². The van der Waals surface area contributed by atoms with Gasteiger partial charge < -0.3 is 14.7 Å². The van der Waals surface area contributed by atoms with Crippen LogP contribution in [0.15, 0.2) is 60.5 Å². The molecule has 0 aliphatic heterocycles. The first-order valence-electron chi connectivity index (χ1n) is 10.2. The number of carbonyl (C=O) groups is 1. The van der Waals surface area contributed by atoms with E-state index in [1.54, 1.807) is 31.5 Å². The van der Waals surface area contributed by atoms with Gasteiger partial charge in [0.1, 0.15) is 12.3 Å². The number of hydrogen-bond donors (Lipinski definition) is 2. The van der Waals surface area contributed by atoms with Crippen molar-refractivity contribution in [3.63, 3.8) is 0 Å². The summed E-state index contributed by atoms with van der Waals surface area (Å²) in [6, 6.07) is 11.0. The molecule has 2 heterocycles. The molecule has 2 unspecified atom stereocenters. The number of aromatic amines is 1. The van der Waals surface area contributed by atoms with Gasteiger partial charge in [-0.25, -0.2) is 4.98 Å². The van der Waals surface area contributed by atoms with Crippen molar-refractivity contribution in [2.45, 2.75) is 18.4 Å². The maximum Gasteiger partial charge on any atom is 0.256 e. The van der Waals surface area contributed by atoms with E-state index in [9.17, 15) is 9.90 Å². The van der Waals surface area contributed by atoms with Crippen LogP contribution in [0.1, 0.15) is 29.7 Å². The van der Waals surface area contributed by atoms with Crippen LogP contribution in [0.25, 0.3) is 22.2 Å². The van der Waals surface area contributed by atoms with Crippen LogP contribution in [-0.2, 0) is 9.53 Å². The van der Waals surface area contributed by atoms with Crippen LogP contribution in [-0.4, -0.2) is 51.8 Å². The van der Waals surface area contributed by atoms with Crippen LogP contribution < -0.4 is 0 Å². The van der Waals surface area contributed by atoms with Gasteiger partial charge in [0.2, 0.25) is 0 Å². The third kappa shape index (κ3) is 3.98. The number of allylic oxidation sites excluding steroid dienone is 4. The summed E-state index contributed by atoms with van der Waals surface area (Å²) < 4.78 is 5.55. The molecule has 1 aliphatic carbocycles. The second-order valence-electron chi connectivity index (χ2n) is 7.60. The molecule has 0 radical (unpaired) electrons. The number of aliphatic hydroxyl groups is 1. The smallest absolute Gasteiger partial charge is 0.256 e. The van der Waals surface area contributed by atoms with Crippen LogP contribution in [0.2, 0.25) is 0 Å². The van der Waals surface area contributed by atoms with Crippen LogP contribution in [0.5, 0.6) is 0 Å². The average molecular weight is 429 g/mol. The van der Waals surface area contributed by atoms with E-state index in [1.165, 1.54) is 11.9 Å². The van der Waals surface area contributed by atoms with Gasteiger partial charge in [0.05, 0.1) is 24.8 Å². The van der Waals surface area contributed by atoms with Crippen molar-refractivity contribution in [3.8, 4) is 17.2 Å². The molecule has 0 bridgehead atoms. The molecule has 1 aliphatic rings. The van der Waals surface area contributed by atoms with Crippen molar-refractivity contribution < 1.29 is 14.6 Å². The number of amides is 1. The highest BCUT2D eigenvalue weighted by Gasteiger charge is 2.24. The number of methoxy groups -OCH3 is 1. The molecule has 2 N–H and O–H groups in total. The van der Waals surface area contributed by atoms with E-state index in [-0.39, 0.29) is 12.5 Å². The monoisotopic (exact) mass is 429 g/mol. The molecule has 8 nitrogen and oxygen atoms in total. The molecule has 2 atom stereocenters. The first kappa shape index (κ1) is 21.3. The Kier molecular flexibility index (Phi) is 6.01. The third-order valence-electron chi connectivity index (χ3n) is 5.59. The molecule has 1 amide bonds. The zero-order chi connectivity index (χ0) is 22.7. The van der Waals surface area contributed by atoms with E-state index in [4.69, 9.17) is 10.00 Å². The zero-order valence-electron chi connectivity index (χ0n) is 17.8. The number of rotatable bonds is 6. The summed E-state index contributed by atoms with van der Waals surface area (Å²) in [5.41, 5.74) is 3.63. The standard InChI is InChI=1S/C24H23N5O3/c1-29(11-10-25)24(31)22(30)16-7-5-6-15(12-16)17-13-19-21(27-28-23(19)26-14-17)18-8-3-4-9-20(18)32-2/h3-7,9,12-14,18,22,30H,8,11H2,1-2H3,(H,26,27,28). The van der Waals surface area contributed by atoms with Crippen molar-refractivity contribution in [1.29, 1.82) is 5.26 Å². The fraction of sp³-hybridized carbons (Fsp3) is 0.250.